The van der Waals surface area contributed by atoms with Crippen LogP contribution in [-0.4, -0.2) is 40.0 Å². The van der Waals surface area contributed by atoms with E-state index < -0.39 is 0 Å². The van der Waals surface area contributed by atoms with Gasteiger partial charge in [0.05, 0.1) is 0 Å². The lowest BCUT2D eigenvalue weighted by atomic mass is 10.9. The number of anilines is 2. The van der Waals surface area contributed by atoms with Crippen LogP contribution in [0.3, 0.4) is 0 Å². The van der Waals surface area contributed by atoms with E-state index in [4.69, 9.17) is 11.6 Å². The molecule has 0 atom stereocenters. The first-order chi connectivity index (χ1) is 8.15. The first-order valence-corrected chi connectivity index (χ1v) is 9.45. The molecule has 0 aliphatic rings. The van der Waals surface area contributed by atoms with Gasteiger partial charge in [0, 0.05) is 25.0 Å². The number of rotatable bonds is 6. The summed E-state index contributed by atoms with van der Waals surface area (Å²) in [5.41, 5.74) is 0. The van der Waals surface area contributed by atoms with Crippen LogP contribution in [-0.2, 0) is 0 Å². The van der Waals surface area contributed by atoms with Gasteiger partial charge in [0.15, 0.2) is 0 Å². The molecule has 0 aliphatic carbocycles. The molecule has 0 aromatic carbocycles. The van der Waals surface area contributed by atoms with E-state index >= 15 is 0 Å². The van der Waals surface area contributed by atoms with Gasteiger partial charge >= 0.3 is 0 Å². The molecule has 0 fully saturated rings. The van der Waals surface area contributed by atoms with Gasteiger partial charge < -0.3 is 0 Å². The summed E-state index contributed by atoms with van der Waals surface area (Å²) in [4.78, 5) is 12.6. The minimum atomic E-state index is 0.200. The highest BCUT2D eigenvalue weighted by atomic mass is 35.5. The molecular weight excluding hydrogens is 318 g/mol. The van der Waals surface area contributed by atoms with Crippen LogP contribution in [0.15, 0.2) is 0 Å². The molecule has 0 aliphatic heterocycles. The van der Waals surface area contributed by atoms with Crippen molar-refractivity contribution in [1.29, 1.82) is 0 Å². The molecule has 17 heavy (non-hydrogen) atoms. The normalized spacial score (nSPS) is 10.4. The van der Waals surface area contributed by atoms with E-state index in [1.165, 1.54) is 47.8 Å². The summed E-state index contributed by atoms with van der Waals surface area (Å²) >= 11 is 12.0. The Morgan fingerprint density at radius 2 is 1.12 bits per heavy atom. The molecule has 1 heterocycles. The maximum atomic E-state index is 5.91. The molecule has 0 bridgehead atoms. The van der Waals surface area contributed by atoms with Gasteiger partial charge in [-0.05, 0) is 59.4 Å². The SMILES string of the molecule is CSN(SC)c1nc(Cl)nc(N(SC)SC)n1. The fourth-order valence-corrected chi connectivity index (χ4v) is 3.29. The molecule has 0 saturated heterocycles. The summed E-state index contributed by atoms with van der Waals surface area (Å²) in [7, 11) is 0. The standard InChI is InChI=1S/C7H12ClN5S4/c1-14-12(15-2)6-9-5(8)10-7(11-6)13(16-3)17-4/h1-4H3. The summed E-state index contributed by atoms with van der Waals surface area (Å²) in [6, 6.07) is 0. The van der Waals surface area contributed by atoms with Gasteiger partial charge in [-0.2, -0.15) is 15.0 Å². The lowest BCUT2D eigenvalue weighted by molar-refractivity contribution is 1.05. The van der Waals surface area contributed by atoms with Crippen LogP contribution in [0.4, 0.5) is 11.9 Å². The maximum absolute atomic E-state index is 5.91. The second-order valence-electron chi connectivity index (χ2n) is 2.45. The molecule has 0 saturated carbocycles. The Morgan fingerprint density at radius 3 is 1.41 bits per heavy atom. The van der Waals surface area contributed by atoms with Gasteiger partial charge in [0.25, 0.3) is 11.9 Å². The smallest absolute Gasteiger partial charge is 0.225 e. The molecule has 0 unspecified atom stereocenters. The fourth-order valence-electron chi connectivity index (χ4n) is 0.968. The Kier molecular flexibility index (Phi) is 6.93. The van der Waals surface area contributed by atoms with Gasteiger partial charge in [-0.25, -0.2) is 7.42 Å². The summed E-state index contributed by atoms with van der Waals surface area (Å²) in [5, 5.41) is 0.200. The maximum Gasteiger partial charge on any atom is 0.252 e. The van der Waals surface area contributed by atoms with Crippen molar-refractivity contribution in [1.82, 2.24) is 15.0 Å². The van der Waals surface area contributed by atoms with Crippen LogP contribution < -0.4 is 7.42 Å². The molecule has 0 amide bonds. The van der Waals surface area contributed by atoms with E-state index in [-0.39, 0.29) is 5.28 Å². The molecule has 1 rings (SSSR count). The highest BCUT2D eigenvalue weighted by molar-refractivity contribution is 8.17. The largest absolute Gasteiger partial charge is 0.252 e. The Labute approximate surface area is 123 Å². The van der Waals surface area contributed by atoms with Crippen LogP contribution in [0.5, 0.6) is 0 Å². The number of halogens is 1. The van der Waals surface area contributed by atoms with Crippen molar-refractivity contribution < 1.29 is 0 Å². The number of nitrogens with zero attached hydrogens (tertiary/aromatic N) is 5. The Morgan fingerprint density at radius 1 is 0.765 bits per heavy atom. The molecule has 1 aromatic rings. The zero-order valence-electron chi connectivity index (χ0n) is 9.75. The third-order valence-corrected chi connectivity index (χ3v) is 5.51. The van der Waals surface area contributed by atoms with Gasteiger partial charge in [-0.3, -0.25) is 0 Å². The van der Waals surface area contributed by atoms with Crippen LogP contribution in [0.2, 0.25) is 5.28 Å². The lowest BCUT2D eigenvalue weighted by Crippen LogP contribution is -2.12. The van der Waals surface area contributed by atoms with Crippen molar-refractivity contribution >= 4 is 71.3 Å². The summed E-state index contributed by atoms with van der Waals surface area (Å²) < 4.78 is 3.74. The molecule has 96 valence electrons. The van der Waals surface area contributed by atoms with Crippen LogP contribution >= 0.6 is 59.4 Å². The van der Waals surface area contributed by atoms with Gasteiger partial charge in [-0.1, -0.05) is 0 Å². The van der Waals surface area contributed by atoms with Crippen molar-refractivity contribution in [2.45, 2.75) is 0 Å². The quantitative estimate of drug-likeness (QED) is 0.731. The van der Waals surface area contributed by atoms with E-state index in [0.717, 1.165) is 0 Å². The van der Waals surface area contributed by atoms with Crippen molar-refractivity contribution in [3.63, 3.8) is 0 Å². The van der Waals surface area contributed by atoms with Gasteiger partial charge in [0.1, 0.15) is 0 Å². The van der Waals surface area contributed by atoms with Crippen LogP contribution in [0, 0.1) is 0 Å². The first-order valence-electron chi connectivity index (χ1n) is 4.34. The topological polar surface area (TPSA) is 45.2 Å². The zero-order chi connectivity index (χ0) is 12.8. The van der Waals surface area contributed by atoms with Crippen LogP contribution in [0.1, 0.15) is 0 Å². The lowest BCUT2D eigenvalue weighted by Gasteiger charge is -2.19. The number of aromatic nitrogens is 3. The molecule has 0 N–H and O–H groups in total. The minimum absolute atomic E-state index is 0.200. The average molecular weight is 330 g/mol. The first kappa shape index (κ1) is 15.4. The van der Waals surface area contributed by atoms with Gasteiger partial charge in [-0.15, -0.1) is 0 Å². The molecular formula is C7H12ClN5S4. The van der Waals surface area contributed by atoms with Crippen LogP contribution in [0.25, 0.3) is 0 Å². The summed E-state index contributed by atoms with van der Waals surface area (Å²) in [5.74, 6) is 1.10. The third-order valence-electron chi connectivity index (χ3n) is 1.57. The zero-order valence-corrected chi connectivity index (χ0v) is 13.8. The Hall–Kier alpha value is 0.300. The number of hydrogen-bond donors (Lipinski definition) is 0. The van der Waals surface area contributed by atoms with E-state index in [1.807, 2.05) is 32.4 Å². The molecule has 5 nitrogen and oxygen atoms in total. The van der Waals surface area contributed by atoms with E-state index in [9.17, 15) is 0 Å². The molecule has 0 spiro atoms. The predicted molar refractivity (Wildman–Crippen MR) is 83.9 cm³/mol. The van der Waals surface area contributed by atoms with Crippen molar-refractivity contribution in [3.8, 4) is 0 Å². The second kappa shape index (κ2) is 7.67. The van der Waals surface area contributed by atoms with Crippen molar-refractivity contribution in [2.24, 2.45) is 0 Å². The Balaban J connectivity index is 3.08. The molecule has 0 radical (unpaired) electrons. The monoisotopic (exact) mass is 329 g/mol. The third kappa shape index (κ3) is 4.16. The van der Waals surface area contributed by atoms with E-state index in [1.54, 1.807) is 0 Å². The van der Waals surface area contributed by atoms with Crippen molar-refractivity contribution in [2.75, 3.05) is 32.4 Å². The Bertz CT molecular complexity index is 330. The minimum Gasteiger partial charge on any atom is -0.225 e. The van der Waals surface area contributed by atoms with Gasteiger partial charge in [0.2, 0.25) is 5.28 Å². The average Bonchev–Trinajstić information content (AvgIpc) is 2.31. The predicted octanol–water partition coefficient (Wildman–Crippen LogP) is 3.25. The highest BCUT2D eigenvalue weighted by Crippen LogP contribution is 2.29. The number of hydrogen-bond acceptors (Lipinski definition) is 9. The fraction of sp³-hybridized carbons (Fsp3) is 0.571. The van der Waals surface area contributed by atoms with E-state index in [2.05, 4.69) is 15.0 Å². The highest BCUT2D eigenvalue weighted by Gasteiger charge is 2.15. The summed E-state index contributed by atoms with van der Waals surface area (Å²) in [6.45, 7) is 0. The molecule has 1 aromatic heterocycles. The summed E-state index contributed by atoms with van der Waals surface area (Å²) in [6.07, 6.45) is 7.81. The second-order valence-corrected chi connectivity index (χ2v) is 6.17. The van der Waals surface area contributed by atoms with E-state index in [0.29, 0.717) is 11.9 Å². The van der Waals surface area contributed by atoms with Crippen molar-refractivity contribution in [3.05, 3.63) is 5.28 Å². The molecule has 10 heteroatoms.